The molecule has 158 valence electrons. The molecule has 3 heteroatoms. The second-order valence-corrected chi connectivity index (χ2v) is 8.93. The molecule has 0 heterocycles. The molecule has 1 N–H and O–H groups in total. The van der Waals surface area contributed by atoms with Crippen molar-refractivity contribution in [2.45, 2.75) is 26.2 Å². The van der Waals surface area contributed by atoms with E-state index in [0.717, 1.165) is 17.1 Å². The lowest BCUT2D eigenvalue weighted by Crippen LogP contribution is -2.16. The Labute approximate surface area is 188 Å². The molecule has 3 nitrogen and oxygen atoms in total. The number of hydrogen-bond acceptors (Lipinski definition) is 2. The molecule has 4 aromatic rings. The van der Waals surface area contributed by atoms with Crippen molar-refractivity contribution < 1.29 is 9.90 Å². The van der Waals surface area contributed by atoms with Crippen LogP contribution in [0.2, 0.25) is 0 Å². The molecular weight excluding hydrogens is 394 g/mol. The van der Waals surface area contributed by atoms with E-state index in [9.17, 15) is 9.90 Å². The number of rotatable bonds is 4. The van der Waals surface area contributed by atoms with Gasteiger partial charge in [0.1, 0.15) is 0 Å². The third kappa shape index (κ3) is 3.18. The number of anilines is 3. The Morgan fingerprint density at radius 3 is 2.12 bits per heavy atom. The van der Waals surface area contributed by atoms with E-state index >= 15 is 0 Å². The van der Waals surface area contributed by atoms with Gasteiger partial charge in [-0.2, -0.15) is 0 Å². The van der Waals surface area contributed by atoms with Gasteiger partial charge >= 0.3 is 5.97 Å². The van der Waals surface area contributed by atoms with Crippen LogP contribution in [0.15, 0.2) is 91.0 Å². The maximum Gasteiger partial charge on any atom is 0.335 e. The summed E-state index contributed by atoms with van der Waals surface area (Å²) in [5.74, 6) is -0.929. The molecular formula is C29H25NO2. The summed E-state index contributed by atoms with van der Waals surface area (Å²) in [5.41, 5.74) is 9.33. The molecule has 0 saturated heterocycles. The fourth-order valence-electron chi connectivity index (χ4n) is 4.75. The normalized spacial score (nSPS) is 13.3. The number of fused-ring (bicyclic) bond motifs is 3. The number of benzene rings is 4. The average Bonchev–Trinajstić information content (AvgIpc) is 3.03. The van der Waals surface area contributed by atoms with E-state index in [-0.39, 0.29) is 11.0 Å². The molecule has 0 unspecified atom stereocenters. The van der Waals surface area contributed by atoms with Gasteiger partial charge in [-0.05, 0) is 71.6 Å². The fourth-order valence-corrected chi connectivity index (χ4v) is 4.75. The zero-order valence-corrected chi connectivity index (χ0v) is 18.5. The molecule has 0 amide bonds. The molecule has 0 saturated carbocycles. The van der Waals surface area contributed by atoms with E-state index in [1.165, 1.54) is 27.8 Å². The van der Waals surface area contributed by atoms with Crippen LogP contribution in [0.25, 0.3) is 11.1 Å². The minimum Gasteiger partial charge on any atom is -0.478 e. The van der Waals surface area contributed by atoms with Crippen LogP contribution < -0.4 is 4.90 Å². The summed E-state index contributed by atoms with van der Waals surface area (Å²) in [6.45, 7) is 6.60. The Bertz CT molecular complexity index is 1340. The van der Waals surface area contributed by atoms with Crippen LogP contribution in [0.1, 0.15) is 40.9 Å². The maximum absolute atomic E-state index is 11.6. The van der Waals surface area contributed by atoms with Crippen LogP contribution in [0.5, 0.6) is 0 Å². The number of nitrogens with zero attached hydrogens (tertiary/aromatic N) is 1. The molecule has 1 aliphatic carbocycles. The maximum atomic E-state index is 11.6. The number of carboxylic acids is 1. The number of hydrogen-bond donors (Lipinski definition) is 1. The van der Waals surface area contributed by atoms with E-state index < -0.39 is 5.97 Å². The standard InChI is InChI=1S/C29H25NO2/c1-19-11-13-21(14-12-19)30(22-8-6-7-20(17-22)28(31)32)23-15-16-25-24-9-4-5-10-26(24)29(2,3)27(25)18-23/h4-18H,1-3H3,(H,31,32). The summed E-state index contributed by atoms with van der Waals surface area (Å²) >= 11 is 0. The molecule has 5 rings (SSSR count). The van der Waals surface area contributed by atoms with E-state index in [0.29, 0.717) is 0 Å². The van der Waals surface area contributed by atoms with E-state index in [1.54, 1.807) is 18.2 Å². The largest absolute Gasteiger partial charge is 0.478 e. The topological polar surface area (TPSA) is 40.5 Å². The van der Waals surface area contributed by atoms with Crippen molar-refractivity contribution in [2.75, 3.05) is 4.90 Å². The van der Waals surface area contributed by atoms with Crippen LogP contribution >= 0.6 is 0 Å². The van der Waals surface area contributed by atoms with Crippen LogP contribution in [-0.4, -0.2) is 11.1 Å². The van der Waals surface area contributed by atoms with Crippen molar-refractivity contribution in [1.82, 2.24) is 0 Å². The number of carboxylic acid groups (broad SMARTS) is 1. The smallest absolute Gasteiger partial charge is 0.335 e. The highest BCUT2D eigenvalue weighted by molar-refractivity contribution is 5.91. The second kappa shape index (κ2) is 7.38. The first-order valence-corrected chi connectivity index (χ1v) is 10.8. The Morgan fingerprint density at radius 1 is 0.719 bits per heavy atom. The molecule has 0 radical (unpaired) electrons. The summed E-state index contributed by atoms with van der Waals surface area (Å²) in [6.07, 6.45) is 0. The fraction of sp³-hybridized carbons (Fsp3) is 0.138. The highest BCUT2D eigenvalue weighted by Gasteiger charge is 2.35. The molecule has 4 aromatic carbocycles. The molecule has 0 aliphatic heterocycles. The summed E-state index contributed by atoms with van der Waals surface area (Å²) < 4.78 is 0. The van der Waals surface area contributed by atoms with Crippen LogP contribution in [-0.2, 0) is 5.41 Å². The third-order valence-electron chi connectivity index (χ3n) is 6.47. The molecule has 0 spiro atoms. The van der Waals surface area contributed by atoms with Crippen LogP contribution in [0.3, 0.4) is 0 Å². The van der Waals surface area contributed by atoms with Gasteiger partial charge in [0.2, 0.25) is 0 Å². The van der Waals surface area contributed by atoms with Crippen LogP contribution in [0, 0.1) is 6.92 Å². The number of aryl methyl sites for hydroxylation is 1. The minimum absolute atomic E-state index is 0.107. The molecule has 32 heavy (non-hydrogen) atoms. The molecule has 0 atom stereocenters. The summed E-state index contributed by atoms with van der Waals surface area (Å²) in [4.78, 5) is 13.8. The van der Waals surface area contributed by atoms with Gasteiger partial charge in [0.15, 0.2) is 0 Å². The molecule has 1 aliphatic rings. The van der Waals surface area contributed by atoms with Gasteiger partial charge in [-0.3, -0.25) is 0 Å². The predicted molar refractivity (Wildman–Crippen MR) is 130 cm³/mol. The van der Waals surface area contributed by atoms with Crippen molar-refractivity contribution in [2.24, 2.45) is 0 Å². The number of aromatic carboxylic acids is 1. The van der Waals surface area contributed by atoms with Crippen molar-refractivity contribution in [3.05, 3.63) is 113 Å². The van der Waals surface area contributed by atoms with Crippen LogP contribution in [0.4, 0.5) is 17.1 Å². The molecule has 0 aromatic heterocycles. The monoisotopic (exact) mass is 419 g/mol. The Hall–Kier alpha value is -3.85. The average molecular weight is 420 g/mol. The number of carbonyl (C=O) groups is 1. The predicted octanol–water partition coefficient (Wildman–Crippen LogP) is 7.47. The zero-order chi connectivity index (χ0) is 22.5. The van der Waals surface area contributed by atoms with E-state index in [4.69, 9.17) is 0 Å². The highest BCUT2D eigenvalue weighted by atomic mass is 16.4. The van der Waals surface area contributed by atoms with Gasteiger partial charge < -0.3 is 10.0 Å². The molecule has 0 bridgehead atoms. The zero-order valence-electron chi connectivity index (χ0n) is 18.5. The Kier molecular flexibility index (Phi) is 4.63. The molecule has 0 fully saturated rings. The van der Waals surface area contributed by atoms with Crippen molar-refractivity contribution in [1.29, 1.82) is 0 Å². The third-order valence-corrected chi connectivity index (χ3v) is 6.47. The summed E-state index contributed by atoms with van der Waals surface area (Å²) in [5, 5.41) is 9.55. The van der Waals surface area contributed by atoms with E-state index in [1.807, 2.05) is 6.07 Å². The van der Waals surface area contributed by atoms with E-state index in [2.05, 4.69) is 92.4 Å². The first-order chi connectivity index (χ1) is 15.4. The summed E-state index contributed by atoms with van der Waals surface area (Å²) in [6, 6.07) is 30.6. The summed E-state index contributed by atoms with van der Waals surface area (Å²) in [7, 11) is 0. The quantitative estimate of drug-likeness (QED) is 0.373. The van der Waals surface area contributed by atoms with Crippen molar-refractivity contribution in [3.63, 3.8) is 0 Å². The van der Waals surface area contributed by atoms with Gasteiger partial charge in [-0.15, -0.1) is 0 Å². The first-order valence-electron chi connectivity index (χ1n) is 10.8. The van der Waals surface area contributed by atoms with Gasteiger partial charge in [0.25, 0.3) is 0 Å². The van der Waals surface area contributed by atoms with Gasteiger partial charge in [0, 0.05) is 22.5 Å². The minimum atomic E-state index is -0.929. The lowest BCUT2D eigenvalue weighted by molar-refractivity contribution is 0.0697. The van der Waals surface area contributed by atoms with Gasteiger partial charge in [-0.25, -0.2) is 4.79 Å². The van der Waals surface area contributed by atoms with Crippen molar-refractivity contribution >= 4 is 23.0 Å². The second-order valence-electron chi connectivity index (χ2n) is 8.93. The lowest BCUT2D eigenvalue weighted by atomic mass is 9.82. The first kappa shape index (κ1) is 20.1. The Morgan fingerprint density at radius 2 is 1.38 bits per heavy atom. The van der Waals surface area contributed by atoms with Crippen molar-refractivity contribution in [3.8, 4) is 11.1 Å². The Balaban J connectivity index is 1.70. The van der Waals surface area contributed by atoms with Gasteiger partial charge in [-0.1, -0.05) is 67.9 Å². The lowest BCUT2D eigenvalue weighted by Gasteiger charge is -2.28. The van der Waals surface area contributed by atoms with Gasteiger partial charge in [0.05, 0.1) is 5.56 Å². The highest BCUT2D eigenvalue weighted by Crippen LogP contribution is 2.50. The SMILES string of the molecule is Cc1ccc(N(c2cccc(C(=O)O)c2)c2ccc3c(c2)C(C)(C)c2ccccc2-3)cc1.